The third-order valence-electron chi connectivity index (χ3n) is 12.6. The Morgan fingerprint density at radius 1 is 0.262 bits per heavy atom. The molecule has 0 radical (unpaired) electrons. The molecule has 0 amide bonds. The maximum Gasteiger partial charge on any atom is 0.306 e. The molecular formula is C55H106O6. The van der Waals surface area contributed by atoms with Crippen molar-refractivity contribution in [2.75, 3.05) is 13.2 Å². The van der Waals surface area contributed by atoms with Crippen LogP contribution in [0, 0.1) is 0 Å². The fourth-order valence-electron chi connectivity index (χ4n) is 8.45. The Hall–Kier alpha value is -1.59. The van der Waals surface area contributed by atoms with Gasteiger partial charge in [-0.3, -0.25) is 14.4 Å². The molecule has 6 nitrogen and oxygen atoms in total. The van der Waals surface area contributed by atoms with Crippen LogP contribution in [-0.4, -0.2) is 37.2 Å². The normalized spacial score (nSPS) is 11.9. The zero-order valence-corrected chi connectivity index (χ0v) is 41.5. The SMILES string of the molecule is CCCCCCCCCCCCCCCCCCCC(=O)OC[C@H](COC(=O)CCCCCCCCCCCCCC)OC(=O)CCCCCCCCCCCCCCCC. The molecule has 0 bridgehead atoms. The summed E-state index contributed by atoms with van der Waals surface area (Å²) in [6.07, 6.45) is 55.1. The van der Waals surface area contributed by atoms with Crippen LogP contribution in [0.5, 0.6) is 0 Å². The van der Waals surface area contributed by atoms with Gasteiger partial charge in [0.2, 0.25) is 0 Å². The summed E-state index contributed by atoms with van der Waals surface area (Å²) in [5, 5.41) is 0. The highest BCUT2D eigenvalue weighted by molar-refractivity contribution is 5.71. The van der Waals surface area contributed by atoms with Gasteiger partial charge >= 0.3 is 17.9 Å². The molecule has 6 heteroatoms. The van der Waals surface area contributed by atoms with E-state index in [1.165, 1.54) is 218 Å². The molecule has 0 aliphatic carbocycles. The molecule has 0 aliphatic rings. The summed E-state index contributed by atoms with van der Waals surface area (Å²) >= 11 is 0. The maximum atomic E-state index is 12.8. The van der Waals surface area contributed by atoms with Crippen molar-refractivity contribution in [1.82, 2.24) is 0 Å². The molecule has 0 spiro atoms. The van der Waals surface area contributed by atoms with E-state index in [4.69, 9.17) is 14.2 Å². The van der Waals surface area contributed by atoms with Crippen LogP contribution in [0.4, 0.5) is 0 Å². The van der Waals surface area contributed by atoms with E-state index in [0.29, 0.717) is 19.3 Å². The summed E-state index contributed by atoms with van der Waals surface area (Å²) in [6.45, 7) is 6.69. The van der Waals surface area contributed by atoms with Crippen LogP contribution < -0.4 is 0 Å². The lowest BCUT2D eigenvalue weighted by Gasteiger charge is -2.18. The molecule has 0 rings (SSSR count). The van der Waals surface area contributed by atoms with Crippen molar-refractivity contribution in [3.63, 3.8) is 0 Å². The molecule has 0 saturated heterocycles. The number of rotatable bonds is 51. The number of ether oxygens (including phenoxy) is 3. The summed E-state index contributed by atoms with van der Waals surface area (Å²) in [5.41, 5.74) is 0. The van der Waals surface area contributed by atoms with Crippen LogP contribution in [0.2, 0.25) is 0 Å². The summed E-state index contributed by atoms with van der Waals surface area (Å²) in [7, 11) is 0. The molecule has 0 aliphatic heterocycles. The quantitative estimate of drug-likeness (QED) is 0.0344. The van der Waals surface area contributed by atoms with Gasteiger partial charge in [-0.05, 0) is 19.3 Å². The highest BCUT2D eigenvalue weighted by Crippen LogP contribution is 2.17. The fourth-order valence-corrected chi connectivity index (χ4v) is 8.45. The van der Waals surface area contributed by atoms with Gasteiger partial charge in [0.1, 0.15) is 13.2 Å². The molecule has 362 valence electrons. The third-order valence-corrected chi connectivity index (χ3v) is 12.6. The largest absolute Gasteiger partial charge is 0.462 e. The van der Waals surface area contributed by atoms with E-state index >= 15 is 0 Å². The summed E-state index contributed by atoms with van der Waals surface area (Å²) in [4.78, 5) is 38.0. The lowest BCUT2D eigenvalue weighted by Crippen LogP contribution is -2.30. The molecule has 0 N–H and O–H groups in total. The number of esters is 3. The van der Waals surface area contributed by atoms with Crippen molar-refractivity contribution < 1.29 is 28.6 Å². The zero-order valence-electron chi connectivity index (χ0n) is 41.5. The average molecular weight is 863 g/mol. The van der Waals surface area contributed by atoms with Crippen LogP contribution in [0.1, 0.15) is 316 Å². The summed E-state index contributed by atoms with van der Waals surface area (Å²) in [5.74, 6) is -0.836. The molecule has 0 fully saturated rings. The molecule has 0 saturated carbocycles. The van der Waals surface area contributed by atoms with E-state index in [1.54, 1.807) is 0 Å². The molecule has 0 heterocycles. The molecular weight excluding hydrogens is 757 g/mol. The zero-order chi connectivity index (χ0) is 44.4. The minimum absolute atomic E-state index is 0.0614. The lowest BCUT2D eigenvalue weighted by atomic mass is 10.0. The van der Waals surface area contributed by atoms with Gasteiger partial charge in [0.25, 0.3) is 0 Å². The average Bonchev–Trinajstić information content (AvgIpc) is 3.26. The van der Waals surface area contributed by atoms with Crippen LogP contribution in [0.25, 0.3) is 0 Å². The van der Waals surface area contributed by atoms with E-state index in [-0.39, 0.29) is 31.1 Å². The van der Waals surface area contributed by atoms with E-state index in [9.17, 15) is 14.4 Å². The summed E-state index contributed by atoms with van der Waals surface area (Å²) in [6, 6.07) is 0. The van der Waals surface area contributed by atoms with Crippen molar-refractivity contribution in [2.45, 2.75) is 322 Å². The van der Waals surface area contributed by atoms with Crippen molar-refractivity contribution in [3.05, 3.63) is 0 Å². The van der Waals surface area contributed by atoms with Crippen molar-refractivity contribution in [2.24, 2.45) is 0 Å². The molecule has 0 aromatic rings. The van der Waals surface area contributed by atoms with E-state index in [2.05, 4.69) is 20.8 Å². The van der Waals surface area contributed by atoms with Crippen LogP contribution in [-0.2, 0) is 28.6 Å². The minimum Gasteiger partial charge on any atom is -0.462 e. The fraction of sp³-hybridized carbons (Fsp3) is 0.945. The Bertz CT molecular complexity index is 905. The number of unbranched alkanes of at least 4 members (excludes halogenated alkanes) is 40. The van der Waals surface area contributed by atoms with Crippen molar-refractivity contribution >= 4 is 17.9 Å². The van der Waals surface area contributed by atoms with Gasteiger partial charge in [-0.2, -0.15) is 0 Å². The predicted octanol–water partition coefficient (Wildman–Crippen LogP) is 18.0. The molecule has 0 aromatic heterocycles. The van der Waals surface area contributed by atoms with Crippen LogP contribution in [0.15, 0.2) is 0 Å². The number of hydrogen-bond donors (Lipinski definition) is 0. The number of carbonyl (C=O) groups excluding carboxylic acids is 3. The summed E-state index contributed by atoms with van der Waals surface area (Å²) < 4.78 is 16.8. The molecule has 0 aromatic carbocycles. The lowest BCUT2D eigenvalue weighted by molar-refractivity contribution is -0.167. The Labute approximate surface area is 380 Å². The van der Waals surface area contributed by atoms with Crippen molar-refractivity contribution in [1.29, 1.82) is 0 Å². The Balaban J connectivity index is 4.28. The van der Waals surface area contributed by atoms with Gasteiger partial charge < -0.3 is 14.2 Å². The van der Waals surface area contributed by atoms with Crippen LogP contribution in [0.3, 0.4) is 0 Å². The first-order chi connectivity index (χ1) is 30.0. The number of hydrogen-bond acceptors (Lipinski definition) is 6. The first-order valence-electron chi connectivity index (χ1n) is 27.5. The number of carbonyl (C=O) groups is 3. The van der Waals surface area contributed by atoms with E-state index in [0.717, 1.165) is 57.8 Å². The Morgan fingerprint density at radius 2 is 0.443 bits per heavy atom. The topological polar surface area (TPSA) is 78.9 Å². The van der Waals surface area contributed by atoms with E-state index in [1.807, 2.05) is 0 Å². The second-order valence-corrected chi connectivity index (χ2v) is 18.9. The first kappa shape index (κ1) is 59.4. The van der Waals surface area contributed by atoms with Gasteiger partial charge in [-0.1, -0.05) is 278 Å². The van der Waals surface area contributed by atoms with Gasteiger partial charge in [0.15, 0.2) is 6.10 Å². The van der Waals surface area contributed by atoms with Gasteiger partial charge in [0, 0.05) is 19.3 Å². The molecule has 1 atom stereocenters. The van der Waals surface area contributed by atoms with Gasteiger partial charge in [-0.15, -0.1) is 0 Å². The first-order valence-corrected chi connectivity index (χ1v) is 27.5. The molecule has 61 heavy (non-hydrogen) atoms. The van der Waals surface area contributed by atoms with Crippen LogP contribution >= 0.6 is 0 Å². The third kappa shape index (κ3) is 49.3. The highest BCUT2D eigenvalue weighted by Gasteiger charge is 2.19. The predicted molar refractivity (Wildman–Crippen MR) is 261 cm³/mol. The monoisotopic (exact) mass is 863 g/mol. The second kappa shape index (κ2) is 51.0. The Kier molecular flexibility index (Phi) is 49.7. The van der Waals surface area contributed by atoms with Gasteiger partial charge in [0.05, 0.1) is 0 Å². The van der Waals surface area contributed by atoms with Crippen molar-refractivity contribution in [3.8, 4) is 0 Å². The second-order valence-electron chi connectivity index (χ2n) is 18.9. The standard InChI is InChI=1S/C55H106O6/c1-4-7-10-13-16-19-22-25-27-28-29-31-33-36-39-42-45-48-54(57)60-51-52(50-59-53(56)47-44-41-38-35-32-24-21-18-15-12-9-6-3)61-55(58)49-46-43-40-37-34-30-26-23-20-17-14-11-8-5-2/h52H,4-51H2,1-3H3/t52-/m0/s1. The van der Waals surface area contributed by atoms with Gasteiger partial charge in [-0.25, -0.2) is 0 Å². The maximum absolute atomic E-state index is 12.8. The smallest absolute Gasteiger partial charge is 0.306 e. The Morgan fingerprint density at radius 3 is 0.656 bits per heavy atom. The van der Waals surface area contributed by atoms with E-state index < -0.39 is 6.10 Å². The highest BCUT2D eigenvalue weighted by atomic mass is 16.6. The molecule has 0 unspecified atom stereocenters. The minimum atomic E-state index is -0.760.